The highest BCUT2D eigenvalue weighted by atomic mass is 32.2. The Kier molecular flexibility index (Phi) is 4.96. The maximum absolute atomic E-state index is 12.7. The number of amides is 1. The van der Waals surface area contributed by atoms with Crippen LogP contribution in [0.15, 0.2) is 27.4 Å². The van der Waals surface area contributed by atoms with Gasteiger partial charge in [-0.05, 0) is 31.0 Å². The fourth-order valence-electron chi connectivity index (χ4n) is 3.02. The number of hydrogen-bond donors (Lipinski definition) is 1. The van der Waals surface area contributed by atoms with Crippen molar-refractivity contribution < 1.29 is 17.6 Å². The van der Waals surface area contributed by atoms with E-state index in [1.54, 1.807) is 17.0 Å². The zero-order valence-electron chi connectivity index (χ0n) is 14.0. The fourth-order valence-corrected chi connectivity index (χ4v) is 4.56. The molecular weight excluding hydrogens is 346 g/mol. The Balaban J connectivity index is 1.75. The molecule has 136 valence electrons. The molecular formula is C16H21N3O5S. The smallest absolute Gasteiger partial charge is 0.408 e. The lowest BCUT2D eigenvalue weighted by Gasteiger charge is -2.22. The van der Waals surface area contributed by atoms with Gasteiger partial charge in [0.1, 0.15) is 0 Å². The van der Waals surface area contributed by atoms with Crippen LogP contribution in [0.25, 0.3) is 11.1 Å². The number of sulfonamides is 1. The SMILES string of the molecule is CCCS(=O)(=O)N1CCCN(C(=O)c2ccc3[nH]c(=O)oc3c2)CC1. The predicted octanol–water partition coefficient (Wildman–Crippen LogP) is 1.01. The Morgan fingerprint density at radius 2 is 2.04 bits per heavy atom. The molecule has 0 radical (unpaired) electrons. The van der Waals surface area contributed by atoms with Crippen molar-refractivity contribution in [2.24, 2.45) is 0 Å². The summed E-state index contributed by atoms with van der Waals surface area (Å²) < 4.78 is 30.9. The average molecular weight is 367 g/mol. The number of nitrogens with one attached hydrogen (secondary N) is 1. The van der Waals surface area contributed by atoms with Gasteiger partial charge in [-0.1, -0.05) is 6.92 Å². The number of H-pyrrole nitrogens is 1. The lowest BCUT2D eigenvalue weighted by Crippen LogP contribution is -2.38. The molecule has 25 heavy (non-hydrogen) atoms. The zero-order valence-corrected chi connectivity index (χ0v) is 14.8. The highest BCUT2D eigenvalue weighted by Gasteiger charge is 2.26. The van der Waals surface area contributed by atoms with Gasteiger partial charge in [-0.2, -0.15) is 0 Å². The van der Waals surface area contributed by atoms with Gasteiger partial charge in [0.2, 0.25) is 10.0 Å². The first-order valence-corrected chi connectivity index (χ1v) is 9.91. The van der Waals surface area contributed by atoms with Crippen molar-refractivity contribution in [3.05, 3.63) is 34.3 Å². The molecule has 2 aromatic rings. The van der Waals surface area contributed by atoms with Gasteiger partial charge in [0.05, 0.1) is 11.3 Å². The summed E-state index contributed by atoms with van der Waals surface area (Å²) in [5, 5.41) is 0. The monoisotopic (exact) mass is 367 g/mol. The second-order valence-electron chi connectivity index (χ2n) is 6.09. The van der Waals surface area contributed by atoms with Crippen LogP contribution in [-0.4, -0.2) is 60.4 Å². The van der Waals surface area contributed by atoms with E-state index in [2.05, 4.69) is 4.98 Å². The number of carbonyl (C=O) groups excluding carboxylic acids is 1. The first-order chi connectivity index (χ1) is 11.9. The second-order valence-corrected chi connectivity index (χ2v) is 8.17. The number of rotatable bonds is 4. The van der Waals surface area contributed by atoms with Crippen LogP contribution in [-0.2, 0) is 10.0 Å². The first kappa shape index (κ1) is 17.7. The number of benzene rings is 1. The predicted molar refractivity (Wildman–Crippen MR) is 93.0 cm³/mol. The summed E-state index contributed by atoms with van der Waals surface area (Å²) in [6.45, 7) is 3.40. The second kappa shape index (κ2) is 7.01. The third kappa shape index (κ3) is 3.77. The molecule has 1 aliphatic rings. The van der Waals surface area contributed by atoms with Crippen LogP contribution in [0.3, 0.4) is 0 Å². The number of oxazole rings is 1. The van der Waals surface area contributed by atoms with Crippen LogP contribution >= 0.6 is 0 Å². The summed E-state index contributed by atoms with van der Waals surface area (Å²) in [6.07, 6.45) is 1.17. The molecule has 1 aromatic heterocycles. The van der Waals surface area contributed by atoms with Crippen LogP contribution in [0.5, 0.6) is 0 Å². The highest BCUT2D eigenvalue weighted by Crippen LogP contribution is 2.16. The van der Waals surface area contributed by atoms with E-state index in [1.807, 2.05) is 6.92 Å². The van der Waals surface area contributed by atoms with Gasteiger partial charge in [-0.25, -0.2) is 17.5 Å². The fraction of sp³-hybridized carbons (Fsp3) is 0.500. The Hall–Kier alpha value is -2.13. The minimum Gasteiger partial charge on any atom is -0.408 e. The summed E-state index contributed by atoms with van der Waals surface area (Å²) in [5.41, 5.74) is 1.28. The quantitative estimate of drug-likeness (QED) is 0.868. The molecule has 1 aliphatic heterocycles. The molecule has 3 rings (SSSR count). The third-order valence-corrected chi connectivity index (χ3v) is 6.34. The minimum atomic E-state index is -3.26. The number of aromatic amines is 1. The lowest BCUT2D eigenvalue weighted by molar-refractivity contribution is 0.0764. The molecule has 0 unspecified atom stereocenters. The van der Waals surface area contributed by atoms with Crippen molar-refractivity contribution >= 4 is 27.0 Å². The molecule has 9 heteroatoms. The first-order valence-electron chi connectivity index (χ1n) is 8.30. The van der Waals surface area contributed by atoms with Gasteiger partial charge in [-0.3, -0.25) is 9.78 Å². The van der Waals surface area contributed by atoms with E-state index >= 15 is 0 Å². The molecule has 0 saturated carbocycles. The Labute approximate surface area is 145 Å². The molecule has 1 amide bonds. The molecule has 0 aliphatic carbocycles. The summed E-state index contributed by atoms with van der Waals surface area (Å²) >= 11 is 0. The number of nitrogens with zero attached hydrogens (tertiary/aromatic N) is 2. The summed E-state index contributed by atoms with van der Waals surface area (Å²) in [4.78, 5) is 28.1. The van der Waals surface area contributed by atoms with Crippen LogP contribution in [0.1, 0.15) is 30.1 Å². The van der Waals surface area contributed by atoms with Gasteiger partial charge in [0.25, 0.3) is 5.91 Å². The third-order valence-electron chi connectivity index (χ3n) is 4.27. The van der Waals surface area contributed by atoms with Gasteiger partial charge in [-0.15, -0.1) is 0 Å². The normalized spacial score (nSPS) is 16.9. The van der Waals surface area contributed by atoms with Crippen molar-refractivity contribution in [1.82, 2.24) is 14.2 Å². The van der Waals surface area contributed by atoms with Crippen molar-refractivity contribution in [3.8, 4) is 0 Å². The van der Waals surface area contributed by atoms with E-state index in [4.69, 9.17) is 4.42 Å². The van der Waals surface area contributed by atoms with Crippen LogP contribution in [0.4, 0.5) is 0 Å². The largest absolute Gasteiger partial charge is 0.417 e. The van der Waals surface area contributed by atoms with Crippen LogP contribution in [0.2, 0.25) is 0 Å². The van der Waals surface area contributed by atoms with E-state index in [1.165, 1.54) is 10.4 Å². The van der Waals surface area contributed by atoms with Crippen molar-refractivity contribution in [2.45, 2.75) is 19.8 Å². The molecule has 0 atom stereocenters. The van der Waals surface area contributed by atoms with Crippen LogP contribution in [0, 0.1) is 0 Å². The number of carbonyl (C=O) groups is 1. The molecule has 1 fully saturated rings. The Bertz CT molecular complexity index is 931. The molecule has 1 N–H and O–H groups in total. The maximum atomic E-state index is 12.7. The van der Waals surface area contributed by atoms with E-state index in [0.29, 0.717) is 55.7 Å². The van der Waals surface area contributed by atoms with Gasteiger partial charge < -0.3 is 9.32 Å². The van der Waals surface area contributed by atoms with Gasteiger partial charge in [0.15, 0.2) is 5.58 Å². The molecule has 8 nitrogen and oxygen atoms in total. The summed E-state index contributed by atoms with van der Waals surface area (Å²) in [7, 11) is -3.26. The van der Waals surface area contributed by atoms with Crippen LogP contribution < -0.4 is 5.76 Å². The minimum absolute atomic E-state index is 0.129. The summed E-state index contributed by atoms with van der Waals surface area (Å²) in [5.74, 6) is -0.629. The van der Waals surface area contributed by atoms with Crippen molar-refractivity contribution in [3.63, 3.8) is 0 Å². The zero-order chi connectivity index (χ0) is 18.0. The van der Waals surface area contributed by atoms with E-state index in [0.717, 1.165) is 0 Å². The number of aromatic nitrogens is 1. The van der Waals surface area contributed by atoms with Gasteiger partial charge >= 0.3 is 5.76 Å². The standard InChI is InChI=1S/C16H21N3O5S/c1-2-10-25(22,23)19-7-3-6-18(8-9-19)15(20)12-4-5-13-14(11-12)24-16(21)17-13/h4-5,11H,2-3,6-10H2,1H3,(H,17,21). The van der Waals surface area contributed by atoms with E-state index in [9.17, 15) is 18.0 Å². The molecule has 1 aromatic carbocycles. The highest BCUT2D eigenvalue weighted by molar-refractivity contribution is 7.89. The van der Waals surface area contributed by atoms with E-state index < -0.39 is 15.8 Å². The topological polar surface area (TPSA) is 104 Å². The number of hydrogen-bond acceptors (Lipinski definition) is 5. The van der Waals surface area contributed by atoms with E-state index in [-0.39, 0.29) is 11.7 Å². The molecule has 1 saturated heterocycles. The Morgan fingerprint density at radius 1 is 1.24 bits per heavy atom. The van der Waals surface area contributed by atoms with Gasteiger partial charge in [0, 0.05) is 31.7 Å². The summed E-state index contributed by atoms with van der Waals surface area (Å²) in [6, 6.07) is 4.79. The molecule has 2 heterocycles. The Morgan fingerprint density at radius 3 is 2.80 bits per heavy atom. The maximum Gasteiger partial charge on any atom is 0.417 e. The van der Waals surface area contributed by atoms with Crippen molar-refractivity contribution in [2.75, 3.05) is 31.9 Å². The molecule has 0 bridgehead atoms. The average Bonchev–Trinajstić information content (AvgIpc) is 2.77. The molecule has 0 spiro atoms. The number of fused-ring (bicyclic) bond motifs is 1. The lowest BCUT2D eigenvalue weighted by atomic mass is 10.1. The van der Waals surface area contributed by atoms with Crippen molar-refractivity contribution in [1.29, 1.82) is 0 Å².